The minimum absolute atomic E-state index is 0.119. The Morgan fingerprint density at radius 2 is 1.69 bits per heavy atom. The highest BCUT2D eigenvalue weighted by Gasteiger charge is 2.36. The van der Waals surface area contributed by atoms with Gasteiger partial charge in [-0.3, -0.25) is 14.9 Å². The first kappa shape index (κ1) is 23.5. The van der Waals surface area contributed by atoms with Crippen LogP contribution in [0, 0.1) is 5.82 Å². The fourth-order valence-corrected chi connectivity index (χ4v) is 3.47. The number of ether oxygens (including phenoxy) is 3. The Morgan fingerprint density at radius 3 is 2.37 bits per heavy atom. The molecule has 0 spiro atoms. The molecule has 4 rings (SSSR count). The molecule has 0 saturated carbocycles. The van der Waals surface area contributed by atoms with Crippen LogP contribution in [0.5, 0.6) is 17.2 Å². The monoisotopic (exact) mass is 476 g/mol. The van der Waals surface area contributed by atoms with E-state index >= 15 is 0 Å². The molecule has 0 atom stereocenters. The van der Waals surface area contributed by atoms with Crippen LogP contribution < -0.4 is 24.4 Å². The lowest BCUT2D eigenvalue weighted by molar-refractivity contribution is -0.122. The zero-order valence-electron chi connectivity index (χ0n) is 18.9. The third-order valence-corrected chi connectivity index (χ3v) is 5.21. The Labute approximate surface area is 200 Å². The van der Waals surface area contributed by atoms with Gasteiger partial charge in [-0.15, -0.1) is 0 Å². The Hall–Kier alpha value is -4.66. The summed E-state index contributed by atoms with van der Waals surface area (Å²) >= 11 is 0. The first-order valence-electron chi connectivity index (χ1n) is 10.5. The van der Waals surface area contributed by atoms with Crippen molar-refractivity contribution in [1.29, 1.82) is 0 Å². The molecule has 0 unspecified atom stereocenters. The van der Waals surface area contributed by atoms with Crippen molar-refractivity contribution >= 4 is 29.6 Å². The predicted octanol–water partition coefficient (Wildman–Crippen LogP) is 4.09. The number of nitrogens with one attached hydrogen (secondary N) is 1. The van der Waals surface area contributed by atoms with E-state index in [0.29, 0.717) is 28.4 Å². The van der Waals surface area contributed by atoms with E-state index in [0.717, 1.165) is 4.90 Å². The Balaban J connectivity index is 1.58. The van der Waals surface area contributed by atoms with E-state index in [2.05, 4.69) is 5.32 Å². The molecule has 3 aromatic carbocycles. The zero-order chi connectivity index (χ0) is 24.9. The second kappa shape index (κ2) is 10.1. The lowest BCUT2D eigenvalue weighted by Crippen LogP contribution is -2.54. The van der Waals surface area contributed by atoms with E-state index in [1.54, 1.807) is 42.5 Å². The maximum absolute atomic E-state index is 13.4. The minimum Gasteiger partial charge on any atom is -0.497 e. The van der Waals surface area contributed by atoms with E-state index in [1.807, 2.05) is 0 Å². The normalized spacial score (nSPS) is 14.7. The highest BCUT2D eigenvalue weighted by molar-refractivity contribution is 6.39. The highest BCUT2D eigenvalue weighted by atomic mass is 19.1. The lowest BCUT2D eigenvalue weighted by atomic mass is 10.1. The average molecular weight is 476 g/mol. The number of anilines is 1. The number of methoxy groups -OCH3 is 2. The van der Waals surface area contributed by atoms with Crippen LogP contribution in [0.3, 0.4) is 0 Å². The van der Waals surface area contributed by atoms with E-state index in [4.69, 9.17) is 14.2 Å². The van der Waals surface area contributed by atoms with Crippen molar-refractivity contribution in [1.82, 2.24) is 5.32 Å². The van der Waals surface area contributed by atoms with Crippen LogP contribution in [0.1, 0.15) is 11.1 Å². The van der Waals surface area contributed by atoms with Gasteiger partial charge in [0.25, 0.3) is 11.8 Å². The molecule has 1 fully saturated rings. The molecule has 1 aliphatic rings. The van der Waals surface area contributed by atoms with Crippen molar-refractivity contribution in [2.45, 2.75) is 6.61 Å². The largest absolute Gasteiger partial charge is 0.497 e. The number of hydrogen-bond donors (Lipinski definition) is 1. The molecule has 9 heteroatoms. The number of carbonyl (C=O) groups excluding carboxylic acids is 3. The van der Waals surface area contributed by atoms with Crippen LogP contribution >= 0.6 is 0 Å². The summed E-state index contributed by atoms with van der Waals surface area (Å²) in [6, 6.07) is 16.3. The average Bonchev–Trinajstić information content (AvgIpc) is 2.86. The van der Waals surface area contributed by atoms with E-state index in [9.17, 15) is 18.8 Å². The summed E-state index contributed by atoms with van der Waals surface area (Å²) in [5.41, 5.74) is 1.18. The first-order valence-corrected chi connectivity index (χ1v) is 10.5. The van der Waals surface area contributed by atoms with Crippen LogP contribution in [0.4, 0.5) is 14.9 Å². The second-order valence-corrected chi connectivity index (χ2v) is 7.48. The van der Waals surface area contributed by atoms with Crippen LogP contribution in [0.25, 0.3) is 6.08 Å². The van der Waals surface area contributed by atoms with Crippen molar-refractivity contribution < 1.29 is 33.0 Å². The Morgan fingerprint density at radius 1 is 0.914 bits per heavy atom. The number of carbonyl (C=O) groups is 3. The maximum Gasteiger partial charge on any atom is 0.335 e. The van der Waals surface area contributed by atoms with Gasteiger partial charge in [0.1, 0.15) is 23.7 Å². The first-order chi connectivity index (χ1) is 16.9. The Bertz CT molecular complexity index is 1320. The van der Waals surface area contributed by atoms with Crippen molar-refractivity contribution in [2.75, 3.05) is 19.1 Å². The fraction of sp³-hybridized carbons (Fsp3) is 0.115. The van der Waals surface area contributed by atoms with Gasteiger partial charge in [0.2, 0.25) is 0 Å². The number of halogens is 1. The smallest absolute Gasteiger partial charge is 0.335 e. The van der Waals surface area contributed by atoms with Gasteiger partial charge >= 0.3 is 6.03 Å². The van der Waals surface area contributed by atoms with Crippen molar-refractivity contribution in [3.8, 4) is 17.2 Å². The molecule has 3 aromatic rings. The third kappa shape index (κ3) is 5.14. The van der Waals surface area contributed by atoms with E-state index < -0.39 is 17.8 Å². The molecule has 0 aliphatic carbocycles. The third-order valence-electron chi connectivity index (χ3n) is 5.21. The number of benzene rings is 3. The SMILES string of the molecule is COc1ccc(N2C(=O)NC(=O)/C(=C\c3ccc(OCc4cccc(F)c4)c(OC)c3)C2=O)cc1. The van der Waals surface area contributed by atoms with Crippen molar-refractivity contribution in [2.24, 2.45) is 0 Å². The van der Waals surface area contributed by atoms with Crippen LogP contribution in [0.15, 0.2) is 72.3 Å². The van der Waals surface area contributed by atoms with Gasteiger partial charge in [-0.25, -0.2) is 14.1 Å². The van der Waals surface area contributed by atoms with Gasteiger partial charge in [-0.2, -0.15) is 0 Å². The molecule has 1 aliphatic heterocycles. The quantitative estimate of drug-likeness (QED) is 0.408. The summed E-state index contributed by atoms with van der Waals surface area (Å²) in [5.74, 6) is -0.643. The molecule has 1 heterocycles. The van der Waals surface area contributed by atoms with Gasteiger partial charge in [-0.05, 0) is 65.7 Å². The summed E-state index contributed by atoms with van der Waals surface area (Å²) in [4.78, 5) is 38.8. The lowest BCUT2D eigenvalue weighted by Gasteiger charge is -2.26. The van der Waals surface area contributed by atoms with Gasteiger partial charge in [0.05, 0.1) is 19.9 Å². The zero-order valence-corrected chi connectivity index (χ0v) is 18.9. The van der Waals surface area contributed by atoms with Gasteiger partial charge in [-0.1, -0.05) is 18.2 Å². The second-order valence-electron chi connectivity index (χ2n) is 7.48. The number of imide groups is 2. The minimum atomic E-state index is -0.846. The predicted molar refractivity (Wildman–Crippen MR) is 126 cm³/mol. The highest BCUT2D eigenvalue weighted by Crippen LogP contribution is 2.31. The molecular weight excluding hydrogens is 455 g/mol. The number of rotatable bonds is 7. The van der Waals surface area contributed by atoms with Crippen molar-refractivity contribution in [3.05, 3.63) is 89.2 Å². The number of nitrogens with zero attached hydrogens (tertiary/aromatic N) is 1. The molecule has 8 nitrogen and oxygen atoms in total. The van der Waals surface area contributed by atoms with E-state index in [-0.39, 0.29) is 23.7 Å². The number of hydrogen-bond acceptors (Lipinski definition) is 6. The Kier molecular flexibility index (Phi) is 6.77. The molecular formula is C26H21FN2O6. The molecule has 178 valence electrons. The maximum atomic E-state index is 13.4. The molecule has 0 aromatic heterocycles. The topological polar surface area (TPSA) is 94.2 Å². The summed E-state index contributed by atoms with van der Waals surface area (Å²) in [7, 11) is 2.95. The van der Waals surface area contributed by atoms with Crippen LogP contribution in [-0.4, -0.2) is 32.1 Å². The molecule has 4 amide bonds. The summed E-state index contributed by atoms with van der Waals surface area (Å²) < 4.78 is 29.6. The van der Waals surface area contributed by atoms with Gasteiger partial charge in [0, 0.05) is 0 Å². The van der Waals surface area contributed by atoms with Crippen molar-refractivity contribution in [3.63, 3.8) is 0 Å². The molecule has 1 N–H and O–H groups in total. The molecule has 35 heavy (non-hydrogen) atoms. The van der Waals surface area contributed by atoms with Gasteiger partial charge in [0.15, 0.2) is 11.5 Å². The standard InChI is InChI=1S/C26H21FN2O6/c1-33-20-9-7-19(8-10-20)29-25(31)21(24(30)28-26(29)32)13-16-6-11-22(23(14-16)34-2)35-15-17-4-3-5-18(27)12-17/h3-14H,15H2,1-2H3,(H,28,30,32)/b21-13+. The number of amides is 4. The summed E-state index contributed by atoms with van der Waals surface area (Å²) in [6.07, 6.45) is 1.36. The van der Waals surface area contributed by atoms with Crippen LogP contribution in [0.2, 0.25) is 0 Å². The summed E-state index contributed by atoms with van der Waals surface area (Å²) in [6.45, 7) is 0.119. The van der Waals surface area contributed by atoms with E-state index in [1.165, 1.54) is 44.6 Å². The molecule has 0 bridgehead atoms. The number of urea groups is 1. The summed E-state index contributed by atoms with van der Waals surface area (Å²) in [5, 5.41) is 2.18. The van der Waals surface area contributed by atoms with Gasteiger partial charge < -0.3 is 14.2 Å². The van der Waals surface area contributed by atoms with Crippen LogP contribution in [-0.2, 0) is 16.2 Å². The number of barbiturate groups is 1. The molecule has 0 radical (unpaired) electrons. The molecule has 1 saturated heterocycles. The fourth-order valence-electron chi connectivity index (χ4n) is 3.47.